The normalized spacial score (nSPS) is 11.1. The Kier molecular flexibility index (Phi) is 3.70. The Morgan fingerprint density at radius 1 is 1.28 bits per heavy atom. The maximum Gasteiger partial charge on any atom is 0.127 e. The lowest BCUT2D eigenvalue weighted by Gasteiger charge is -2.12. The Morgan fingerprint density at radius 2 is 2.06 bits per heavy atom. The summed E-state index contributed by atoms with van der Waals surface area (Å²) in [5.41, 5.74) is 7.67. The van der Waals surface area contributed by atoms with Crippen LogP contribution in [0.2, 0.25) is 0 Å². The smallest absolute Gasteiger partial charge is 0.127 e. The number of benzene rings is 1. The molecule has 0 bridgehead atoms. The molecule has 0 amide bonds. The molecule has 0 aliphatic rings. The van der Waals surface area contributed by atoms with Crippen LogP contribution in [-0.2, 0) is 0 Å². The van der Waals surface area contributed by atoms with Gasteiger partial charge in [0, 0.05) is 28.4 Å². The lowest BCUT2D eigenvalue weighted by Crippen LogP contribution is -2.02. The summed E-state index contributed by atoms with van der Waals surface area (Å²) in [6.45, 7) is 7.09. The summed E-state index contributed by atoms with van der Waals surface area (Å²) in [5, 5.41) is 2.01. The third kappa shape index (κ3) is 2.73. The van der Waals surface area contributed by atoms with Gasteiger partial charge >= 0.3 is 0 Å². The van der Waals surface area contributed by atoms with Gasteiger partial charge in [-0.3, -0.25) is 4.98 Å². The molecule has 0 radical (unpaired) electrons. The number of nitrogen functional groups attached to an aromatic ring is 1. The van der Waals surface area contributed by atoms with Crippen molar-refractivity contribution >= 4 is 16.5 Å². The van der Waals surface area contributed by atoms with Crippen molar-refractivity contribution in [2.24, 2.45) is 5.92 Å². The predicted octanol–water partition coefficient (Wildman–Crippen LogP) is 3.55. The number of hydrogen-bond donors (Lipinski definition) is 1. The number of nitrogens with two attached hydrogens (primary N) is 1. The maximum absolute atomic E-state index is 5.96. The lowest BCUT2D eigenvalue weighted by atomic mass is 10.1. The molecule has 0 aliphatic heterocycles. The van der Waals surface area contributed by atoms with E-state index < -0.39 is 0 Å². The largest absolute Gasteiger partial charge is 0.493 e. The average Bonchev–Trinajstić information content (AvgIpc) is 2.31. The molecule has 0 spiro atoms. The number of fused-ring (bicyclic) bond motifs is 1. The summed E-state index contributed by atoms with van der Waals surface area (Å²) < 4.78 is 5.86. The highest BCUT2D eigenvalue weighted by atomic mass is 16.5. The molecular weight excluding hydrogens is 224 g/mol. The first-order valence-electron chi connectivity index (χ1n) is 6.35. The van der Waals surface area contributed by atoms with Crippen molar-refractivity contribution in [1.82, 2.24) is 4.98 Å². The second kappa shape index (κ2) is 5.25. The lowest BCUT2D eigenvalue weighted by molar-refractivity contribution is 0.292. The Balaban J connectivity index is 2.32. The van der Waals surface area contributed by atoms with E-state index in [2.05, 4.69) is 18.8 Å². The van der Waals surface area contributed by atoms with Gasteiger partial charge in [0.1, 0.15) is 5.75 Å². The molecular formula is C15H20N2O. The Labute approximate surface area is 108 Å². The Morgan fingerprint density at radius 3 is 2.78 bits per heavy atom. The molecule has 0 aliphatic carbocycles. The second-order valence-corrected chi connectivity index (χ2v) is 5.06. The Hall–Kier alpha value is -1.77. The van der Waals surface area contributed by atoms with Crippen LogP contribution in [0.3, 0.4) is 0 Å². The molecule has 0 unspecified atom stereocenters. The van der Waals surface area contributed by atoms with E-state index >= 15 is 0 Å². The van der Waals surface area contributed by atoms with Crippen molar-refractivity contribution < 1.29 is 4.74 Å². The number of nitrogens with zero attached hydrogens (tertiary/aromatic N) is 1. The highest BCUT2D eigenvalue weighted by Crippen LogP contribution is 2.30. The van der Waals surface area contributed by atoms with Crippen LogP contribution in [0.15, 0.2) is 24.4 Å². The molecule has 0 fully saturated rings. The molecule has 1 aromatic carbocycles. The summed E-state index contributed by atoms with van der Waals surface area (Å²) in [7, 11) is 0. The van der Waals surface area contributed by atoms with Gasteiger partial charge in [0.05, 0.1) is 6.61 Å². The van der Waals surface area contributed by atoms with Crippen LogP contribution in [0.25, 0.3) is 10.8 Å². The van der Waals surface area contributed by atoms with Crippen LogP contribution >= 0.6 is 0 Å². The molecule has 2 N–H and O–H groups in total. The van der Waals surface area contributed by atoms with Gasteiger partial charge in [0.25, 0.3) is 0 Å². The summed E-state index contributed by atoms with van der Waals surface area (Å²) >= 11 is 0. The van der Waals surface area contributed by atoms with Gasteiger partial charge in [-0.15, -0.1) is 0 Å². The monoisotopic (exact) mass is 244 g/mol. The van der Waals surface area contributed by atoms with Gasteiger partial charge < -0.3 is 10.5 Å². The van der Waals surface area contributed by atoms with Crippen LogP contribution in [0.1, 0.15) is 26.0 Å². The third-order valence-corrected chi connectivity index (χ3v) is 2.98. The van der Waals surface area contributed by atoms with E-state index in [0.29, 0.717) is 5.92 Å². The predicted molar refractivity (Wildman–Crippen MR) is 75.8 cm³/mol. The van der Waals surface area contributed by atoms with E-state index in [0.717, 1.165) is 40.9 Å². The molecule has 96 valence electrons. The fraction of sp³-hybridized carbons (Fsp3) is 0.400. The molecule has 2 rings (SSSR count). The summed E-state index contributed by atoms with van der Waals surface area (Å²) in [5.74, 6) is 1.54. The molecule has 18 heavy (non-hydrogen) atoms. The topological polar surface area (TPSA) is 48.1 Å². The van der Waals surface area contributed by atoms with Gasteiger partial charge in [0.15, 0.2) is 0 Å². The number of pyridine rings is 1. The van der Waals surface area contributed by atoms with Crippen molar-refractivity contribution in [2.45, 2.75) is 27.2 Å². The van der Waals surface area contributed by atoms with E-state index in [1.165, 1.54) is 0 Å². The van der Waals surface area contributed by atoms with Gasteiger partial charge in [0.2, 0.25) is 0 Å². The minimum atomic E-state index is 0.647. The van der Waals surface area contributed by atoms with E-state index in [9.17, 15) is 0 Å². The van der Waals surface area contributed by atoms with Gasteiger partial charge in [-0.25, -0.2) is 0 Å². The van der Waals surface area contributed by atoms with Crippen LogP contribution < -0.4 is 10.5 Å². The van der Waals surface area contributed by atoms with Crippen molar-refractivity contribution in [3.63, 3.8) is 0 Å². The Bertz CT molecular complexity index is 549. The standard InChI is InChI=1S/C15H20N2O/c1-10(2)6-7-18-15-5-4-14(16)13-9-17-11(3)8-12(13)15/h4-5,8-10H,6-7,16H2,1-3H3. The number of ether oxygens (including phenoxy) is 1. The minimum Gasteiger partial charge on any atom is -0.493 e. The number of anilines is 1. The van der Waals surface area contributed by atoms with Crippen molar-refractivity contribution in [1.29, 1.82) is 0 Å². The first kappa shape index (κ1) is 12.7. The van der Waals surface area contributed by atoms with Crippen molar-refractivity contribution in [2.75, 3.05) is 12.3 Å². The zero-order valence-electron chi connectivity index (χ0n) is 11.2. The third-order valence-electron chi connectivity index (χ3n) is 2.98. The fourth-order valence-corrected chi connectivity index (χ4v) is 1.87. The first-order chi connectivity index (χ1) is 8.58. The fourth-order valence-electron chi connectivity index (χ4n) is 1.87. The summed E-state index contributed by atoms with van der Waals surface area (Å²) in [4.78, 5) is 4.28. The van der Waals surface area contributed by atoms with Gasteiger partial charge in [-0.05, 0) is 37.5 Å². The van der Waals surface area contributed by atoms with Crippen LogP contribution in [0.4, 0.5) is 5.69 Å². The number of rotatable bonds is 4. The highest BCUT2D eigenvalue weighted by Gasteiger charge is 2.06. The number of hydrogen-bond acceptors (Lipinski definition) is 3. The molecule has 1 heterocycles. The van der Waals surface area contributed by atoms with Crippen LogP contribution in [-0.4, -0.2) is 11.6 Å². The SMILES string of the molecule is Cc1cc2c(OCCC(C)C)ccc(N)c2cn1. The molecule has 2 aromatic rings. The highest BCUT2D eigenvalue weighted by molar-refractivity contribution is 5.96. The van der Waals surface area contributed by atoms with Crippen molar-refractivity contribution in [3.8, 4) is 5.75 Å². The van der Waals surface area contributed by atoms with Gasteiger partial charge in [-0.2, -0.15) is 0 Å². The molecule has 1 aromatic heterocycles. The zero-order chi connectivity index (χ0) is 13.1. The quantitative estimate of drug-likeness (QED) is 0.837. The van der Waals surface area contributed by atoms with Gasteiger partial charge in [-0.1, -0.05) is 13.8 Å². The average molecular weight is 244 g/mol. The van der Waals surface area contributed by atoms with E-state index in [-0.39, 0.29) is 0 Å². The van der Waals surface area contributed by atoms with Crippen LogP contribution in [0, 0.1) is 12.8 Å². The second-order valence-electron chi connectivity index (χ2n) is 5.06. The molecule has 0 saturated carbocycles. The van der Waals surface area contributed by atoms with E-state index in [4.69, 9.17) is 10.5 Å². The molecule has 3 nitrogen and oxygen atoms in total. The number of aromatic nitrogens is 1. The first-order valence-corrected chi connectivity index (χ1v) is 6.35. The van der Waals surface area contributed by atoms with E-state index in [1.54, 1.807) is 0 Å². The summed E-state index contributed by atoms with van der Waals surface area (Å²) in [6.07, 6.45) is 2.87. The zero-order valence-corrected chi connectivity index (χ0v) is 11.2. The van der Waals surface area contributed by atoms with Crippen molar-refractivity contribution in [3.05, 3.63) is 30.1 Å². The summed E-state index contributed by atoms with van der Waals surface area (Å²) in [6, 6.07) is 5.85. The molecule has 0 saturated heterocycles. The maximum atomic E-state index is 5.96. The van der Waals surface area contributed by atoms with Crippen LogP contribution in [0.5, 0.6) is 5.75 Å². The number of aryl methyl sites for hydroxylation is 1. The molecule has 3 heteroatoms. The minimum absolute atomic E-state index is 0.647. The van der Waals surface area contributed by atoms with E-state index in [1.807, 2.05) is 31.3 Å². The molecule has 0 atom stereocenters.